The van der Waals surface area contributed by atoms with Gasteiger partial charge >= 0.3 is 0 Å². The van der Waals surface area contributed by atoms with Crippen molar-refractivity contribution >= 4 is 17.5 Å². The van der Waals surface area contributed by atoms with E-state index in [1.54, 1.807) is 24.3 Å². The lowest BCUT2D eigenvalue weighted by Crippen LogP contribution is -2.33. The summed E-state index contributed by atoms with van der Waals surface area (Å²) in [6.45, 7) is 0. The summed E-state index contributed by atoms with van der Waals surface area (Å²) in [6.07, 6.45) is 0. The second-order valence-corrected chi connectivity index (χ2v) is 3.18. The van der Waals surface area contributed by atoms with E-state index in [0.717, 1.165) is 0 Å². The van der Waals surface area contributed by atoms with Crippen molar-refractivity contribution in [3.05, 3.63) is 24.3 Å². The molecule has 0 heterocycles. The summed E-state index contributed by atoms with van der Waals surface area (Å²) >= 11 is 0. The number of amides is 2. The number of rotatable bonds is 4. The summed E-state index contributed by atoms with van der Waals surface area (Å²) in [5.41, 5.74) is 5.36. The first kappa shape index (κ1) is 12.5. The van der Waals surface area contributed by atoms with E-state index in [9.17, 15) is 9.59 Å². The van der Waals surface area contributed by atoms with Crippen molar-refractivity contribution in [1.82, 2.24) is 0 Å². The van der Waals surface area contributed by atoms with Crippen LogP contribution in [-0.4, -0.2) is 18.9 Å². The van der Waals surface area contributed by atoms with Crippen LogP contribution >= 0.6 is 0 Å². The fraction of sp³-hybridized carbons (Fsp3) is 0.182. The molecule has 0 radical (unpaired) electrons. The van der Waals surface area contributed by atoms with Crippen molar-refractivity contribution < 1.29 is 14.3 Å². The average molecular weight is 233 g/mol. The Bertz CT molecular complexity index is 462. The van der Waals surface area contributed by atoms with Gasteiger partial charge in [0.1, 0.15) is 5.75 Å². The molecular weight excluding hydrogens is 222 g/mol. The van der Waals surface area contributed by atoms with Crippen LogP contribution < -0.4 is 15.8 Å². The number of methoxy groups -OCH3 is 1. The smallest absolute Gasteiger partial charge is 0.251 e. The van der Waals surface area contributed by atoms with Gasteiger partial charge in [-0.3, -0.25) is 9.59 Å². The van der Waals surface area contributed by atoms with E-state index in [0.29, 0.717) is 11.4 Å². The molecule has 1 unspecified atom stereocenters. The number of carbonyl (C=O) groups is 2. The lowest BCUT2D eigenvalue weighted by Gasteiger charge is -2.07. The van der Waals surface area contributed by atoms with Gasteiger partial charge in [0.15, 0.2) is 0 Å². The van der Waals surface area contributed by atoms with Crippen molar-refractivity contribution in [3.8, 4) is 11.8 Å². The minimum atomic E-state index is -1.49. The largest absolute Gasteiger partial charge is 0.497 e. The Labute approximate surface area is 98.0 Å². The van der Waals surface area contributed by atoms with Crippen molar-refractivity contribution in [2.45, 2.75) is 0 Å². The highest BCUT2D eigenvalue weighted by Crippen LogP contribution is 2.15. The number of ether oxygens (including phenoxy) is 1. The number of nitriles is 1. The Morgan fingerprint density at radius 3 is 2.41 bits per heavy atom. The van der Waals surface area contributed by atoms with Crippen LogP contribution in [-0.2, 0) is 9.59 Å². The number of primary amides is 1. The molecule has 17 heavy (non-hydrogen) atoms. The van der Waals surface area contributed by atoms with Crippen LogP contribution in [0.5, 0.6) is 5.75 Å². The zero-order chi connectivity index (χ0) is 12.8. The van der Waals surface area contributed by atoms with Crippen LogP contribution in [0.25, 0.3) is 0 Å². The van der Waals surface area contributed by atoms with E-state index in [1.165, 1.54) is 13.2 Å². The van der Waals surface area contributed by atoms with Gasteiger partial charge < -0.3 is 15.8 Å². The molecule has 0 aromatic heterocycles. The van der Waals surface area contributed by atoms with Crippen molar-refractivity contribution in [1.29, 1.82) is 5.26 Å². The second-order valence-electron chi connectivity index (χ2n) is 3.18. The number of nitrogens with one attached hydrogen (secondary N) is 1. The van der Waals surface area contributed by atoms with Crippen LogP contribution in [0.3, 0.4) is 0 Å². The number of nitrogens with zero attached hydrogens (tertiary/aromatic N) is 1. The Morgan fingerprint density at radius 1 is 1.41 bits per heavy atom. The van der Waals surface area contributed by atoms with Gasteiger partial charge in [-0.05, 0) is 24.3 Å². The first-order valence-corrected chi connectivity index (χ1v) is 4.72. The highest BCUT2D eigenvalue weighted by Gasteiger charge is 2.23. The molecule has 1 atom stereocenters. The monoisotopic (exact) mass is 233 g/mol. The quantitative estimate of drug-likeness (QED) is 0.727. The number of benzene rings is 1. The van der Waals surface area contributed by atoms with E-state index in [-0.39, 0.29) is 0 Å². The number of hydrogen-bond acceptors (Lipinski definition) is 4. The van der Waals surface area contributed by atoms with Gasteiger partial charge in [0.25, 0.3) is 5.91 Å². The number of anilines is 1. The summed E-state index contributed by atoms with van der Waals surface area (Å²) < 4.78 is 4.94. The molecule has 3 N–H and O–H groups in total. The summed E-state index contributed by atoms with van der Waals surface area (Å²) in [7, 11) is 1.52. The first-order chi connectivity index (χ1) is 8.08. The minimum absolute atomic E-state index is 0.456. The normalized spacial score (nSPS) is 11.1. The zero-order valence-corrected chi connectivity index (χ0v) is 9.14. The topological polar surface area (TPSA) is 105 Å². The second kappa shape index (κ2) is 5.51. The van der Waals surface area contributed by atoms with E-state index in [2.05, 4.69) is 5.32 Å². The zero-order valence-electron chi connectivity index (χ0n) is 9.14. The van der Waals surface area contributed by atoms with Crippen molar-refractivity contribution in [3.63, 3.8) is 0 Å². The Kier molecular flexibility index (Phi) is 4.06. The maximum absolute atomic E-state index is 11.5. The van der Waals surface area contributed by atoms with Crippen molar-refractivity contribution in [2.24, 2.45) is 11.7 Å². The van der Waals surface area contributed by atoms with Gasteiger partial charge in [-0.2, -0.15) is 5.26 Å². The van der Waals surface area contributed by atoms with Gasteiger partial charge in [0, 0.05) is 5.69 Å². The highest BCUT2D eigenvalue weighted by atomic mass is 16.5. The molecule has 6 nitrogen and oxygen atoms in total. The molecule has 2 amide bonds. The van der Waals surface area contributed by atoms with Gasteiger partial charge in [0.2, 0.25) is 11.8 Å². The molecule has 1 aromatic rings. The molecule has 0 saturated carbocycles. The van der Waals surface area contributed by atoms with E-state index in [4.69, 9.17) is 15.7 Å². The third kappa shape index (κ3) is 3.21. The van der Waals surface area contributed by atoms with Gasteiger partial charge in [0.05, 0.1) is 13.2 Å². The average Bonchev–Trinajstić information content (AvgIpc) is 2.30. The third-order valence-corrected chi connectivity index (χ3v) is 2.03. The molecule has 0 saturated heterocycles. The molecule has 6 heteroatoms. The molecule has 1 aromatic carbocycles. The standard InChI is InChI=1S/C11H11N3O3/c1-17-8-4-2-7(3-5-8)14-11(16)9(6-12)10(13)15/h2-5,9H,1H3,(H2,13,15)(H,14,16). The van der Waals surface area contributed by atoms with E-state index >= 15 is 0 Å². The summed E-state index contributed by atoms with van der Waals surface area (Å²) in [6, 6.07) is 7.99. The SMILES string of the molecule is COc1ccc(NC(=O)C(C#N)C(N)=O)cc1. The fourth-order valence-electron chi connectivity index (χ4n) is 1.14. The van der Waals surface area contributed by atoms with Crippen molar-refractivity contribution in [2.75, 3.05) is 12.4 Å². The van der Waals surface area contributed by atoms with Crippen LogP contribution in [0.2, 0.25) is 0 Å². The van der Waals surface area contributed by atoms with E-state index in [1.807, 2.05) is 0 Å². The lowest BCUT2D eigenvalue weighted by molar-refractivity contribution is -0.128. The van der Waals surface area contributed by atoms with Gasteiger partial charge in [-0.25, -0.2) is 0 Å². The highest BCUT2D eigenvalue weighted by molar-refractivity contribution is 6.08. The van der Waals surface area contributed by atoms with Crippen LogP contribution in [0, 0.1) is 17.2 Å². The molecule has 0 aliphatic rings. The molecule has 0 spiro atoms. The molecule has 1 rings (SSSR count). The molecule has 0 aliphatic heterocycles. The van der Waals surface area contributed by atoms with E-state index < -0.39 is 17.7 Å². The predicted octanol–water partition coefficient (Wildman–Crippen LogP) is 0.259. The van der Waals surface area contributed by atoms with Crippen LogP contribution in [0.15, 0.2) is 24.3 Å². The molecule has 0 aliphatic carbocycles. The Balaban J connectivity index is 2.74. The van der Waals surface area contributed by atoms with Crippen LogP contribution in [0.4, 0.5) is 5.69 Å². The molecular formula is C11H11N3O3. The minimum Gasteiger partial charge on any atom is -0.497 e. The number of nitrogens with two attached hydrogens (primary N) is 1. The summed E-state index contributed by atoms with van der Waals surface area (Å²) in [5, 5.41) is 11.0. The number of hydrogen-bond donors (Lipinski definition) is 2. The number of carbonyl (C=O) groups excluding carboxylic acids is 2. The predicted molar refractivity (Wildman–Crippen MR) is 59.9 cm³/mol. The maximum atomic E-state index is 11.5. The molecule has 0 fully saturated rings. The molecule has 0 bridgehead atoms. The summed E-state index contributed by atoms with van der Waals surface area (Å²) in [4.78, 5) is 22.3. The van der Waals surface area contributed by atoms with Crippen LogP contribution in [0.1, 0.15) is 0 Å². The first-order valence-electron chi connectivity index (χ1n) is 4.72. The summed E-state index contributed by atoms with van der Waals surface area (Å²) in [5.74, 6) is -2.57. The lowest BCUT2D eigenvalue weighted by atomic mass is 10.1. The maximum Gasteiger partial charge on any atom is 0.251 e. The van der Waals surface area contributed by atoms with Gasteiger partial charge in [-0.15, -0.1) is 0 Å². The van der Waals surface area contributed by atoms with Gasteiger partial charge in [-0.1, -0.05) is 0 Å². The Morgan fingerprint density at radius 2 is 2.00 bits per heavy atom. The third-order valence-electron chi connectivity index (χ3n) is 2.03. The molecule has 88 valence electrons. The fourth-order valence-corrected chi connectivity index (χ4v) is 1.14. The Hall–Kier alpha value is -2.55.